The molecule has 0 saturated heterocycles. The van der Waals surface area contributed by atoms with Gasteiger partial charge in [0, 0.05) is 6.08 Å². The molecule has 1 aromatic carbocycles. The average Bonchev–Trinajstić information content (AvgIpc) is 2.76. The van der Waals surface area contributed by atoms with Crippen molar-refractivity contribution >= 4 is 0 Å². The van der Waals surface area contributed by atoms with Crippen LogP contribution in [0.1, 0.15) is 88.5 Å². The predicted octanol–water partition coefficient (Wildman–Crippen LogP) is 8.10. The van der Waals surface area contributed by atoms with Crippen molar-refractivity contribution in [3.05, 3.63) is 60.0 Å². The minimum absolute atomic E-state index is 0.124. The van der Waals surface area contributed by atoms with E-state index in [2.05, 4.69) is 6.08 Å². The van der Waals surface area contributed by atoms with Crippen LogP contribution in [0.15, 0.2) is 48.6 Å². The van der Waals surface area contributed by atoms with Crippen LogP contribution in [0.3, 0.4) is 0 Å². The summed E-state index contributed by atoms with van der Waals surface area (Å²) in [4.78, 5) is 0. The fraction of sp³-hybridized carbons (Fsp3) is 0.593. The fourth-order valence-electron chi connectivity index (χ4n) is 5.40. The lowest BCUT2D eigenvalue weighted by Crippen LogP contribution is -2.17. The normalized spacial score (nSPS) is 28.0. The first-order chi connectivity index (χ1) is 14.2. The van der Waals surface area contributed by atoms with Gasteiger partial charge in [0.05, 0.1) is 6.07 Å². The van der Waals surface area contributed by atoms with E-state index in [1.54, 1.807) is 12.1 Å². The Labute approximate surface area is 176 Å². The van der Waals surface area contributed by atoms with E-state index >= 15 is 0 Å². The van der Waals surface area contributed by atoms with Crippen LogP contribution in [-0.2, 0) is 0 Å². The number of nitriles is 1. The van der Waals surface area contributed by atoms with Gasteiger partial charge in [0.15, 0.2) is 0 Å². The summed E-state index contributed by atoms with van der Waals surface area (Å²) in [7, 11) is 0. The molecule has 2 aliphatic carbocycles. The third kappa shape index (κ3) is 7.46. The maximum absolute atomic E-state index is 13.1. The molecule has 0 N–H and O–H groups in total. The lowest BCUT2D eigenvalue weighted by atomic mass is 9.74. The zero-order valence-corrected chi connectivity index (χ0v) is 17.7. The molecule has 3 rings (SSSR count). The zero-order valence-electron chi connectivity index (χ0n) is 17.7. The van der Waals surface area contributed by atoms with Crippen LogP contribution in [0, 0.1) is 34.9 Å². The van der Waals surface area contributed by atoms with Gasteiger partial charge in [0.1, 0.15) is 5.82 Å². The molecule has 156 valence electrons. The third-order valence-corrected chi connectivity index (χ3v) is 7.30. The highest BCUT2D eigenvalue weighted by molar-refractivity contribution is 5.20. The molecule has 1 aromatic rings. The van der Waals surface area contributed by atoms with E-state index in [1.165, 1.54) is 82.3 Å². The minimum atomic E-state index is -0.124. The third-order valence-electron chi connectivity index (χ3n) is 7.30. The van der Waals surface area contributed by atoms with Crippen molar-refractivity contribution in [1.82, 2.24) is 0 Å². The maximum Gasteiger partial charge on any atom is 0.123 e. The summed E-state index contributed by atoms with van der Waals surface area (Å²) in [6.45, 7) is 0. The van der Waals surface area contributed by atoms with Gasteiger partial charge in [0.25, 0.3) is 0 Å². The summed E-state index contributed by atoms with van der Waals surface area (Å²) in [6.07, 6.45) is 23.8. The van der Waals surface area contributed by atoms with E-state index in [0.717, 1.165) is 24.2 Å². The molecule has 0 spiro atoms. The van der Waals surface area contributed by atoms with Gasteiger partial charge in [-0.15, -0.1) is 0 Å². The molecule has 0 bridgehead atoms. The first kappa shape index (κ1) is 21.8. The van der Waals surface area contributed by atoms with Gasteiger partial charge >= 0.3 is 0 Å². The summed E-state index contributed by atoms with van der Waals surface area (Å²) in [5.74, 6) is 3.29. The number of halogens is 1. The molecule has 0 unspecified atom stereocenters. The Hall–Kier alpha value is -1.88. The first-order valence-electron chi connectivity index (χ1n) is 11.7. The van der Waals surface area contributed by atoms with Gasteiger partial charge in [-0.2, -0.15) is 5.26 Å². The number of allylic oxidation sites excluding steroid dienone is 4. The summed E-state index contributed by atoms with van der Waals surface area (Å²) in [6, 6.07) is 9.20. The van der Waals surface area contributed by atoms with Gasteiger partial charge in [-0.05, 0) is 79.9 Å². The van der Waals surface area contributed by atoms with Crippen molar-refractivity contribution in [3.8, 4) is 6.07 Å². The molecular formula is C27H36FN. The van der Waals surface area contributed by atoms with Crippen LogP contribution in [0.25, 0.3) is 0 Å². The molecule has 2 fully saturated rings. The van der Waals surface area contributed by atoms with Gasteiger partial charge in [-0.25, -0.2) is 4.39 Å². The average molecular weight is 394 g/mol. The van der Waals surface area contributed by atoms with Crippen LogP contribution in [0.2, 0.25) is 0 Å². The van der Waals surface area contributed by atoms with Crippen molar-refractivity contribution in [2.75, 3.05) is 0 Å². The van der Waals surface area contributed by atoms with Crippen molar-refractivity contribution in [2.24, 2.45) is 17.8 Å². The summed E-state index contributed by atoms with van der Waals surface area (Å²) < 4.78 is 13.1. The Balaban J connectivity index is 1.27. The van der Waals surface area contributed by atoms with Crippen LogP contribution in [-0.4, -0.2) is 0 Å². The van der Waals surface area contributed by atoms with E-state index in [4.69, 9.17) is 5.26 Å². The van der Waals surface area contributed by atoms with Gasteiger partial charge in [-0.1, -0.05) is 68.9 Å². The molecule has 2 heteroatoms. The SMILES string of the molecule is N#CC=CC=CCCC1CCC(CCC2CCC(c3ccc(F)cc3)CC2)CC1. The maximum atomic E-state index is 13.1. The monoisotopic (exact) mass is 393 g/mol. The Morgan fingerprint density at radius 2 is 1.34 bits per heavy atom. The lowest BCUT2D eigenvalue weighted by molar-refractivity contribution is 0.225. The van der Waals surface area contributed by atoms with E-state index in [9.17, 15) is 4.39 Å². The summed E-state index contributed by atoms with van der Waals surface area (Å²) in [5, 5.41) is 8.46. The lowest BCUT2D eigenvalue weighted by Gasteiger charge is -2.32. The molecule has 0 amide bonds. The predicted molar refractivity (Wildman–Crippen MR) is 119 cm³/mol. The second-order valence-electron chi connectivity index (χ2n) is 9.23. The molecule has 29 heavy (non-hydrogen) atoms. The summed E-state index contributed by atoms with van der Waals surface area (Å²) >= 11 is 0. The number of rotatable bonds is 8. The molecule has 0 aliphatic heterocycles. The quantitative estimate of drug-likeness (QED) is 0.323. The Morgan fingerprint density at radius 1 is 0.793 bits per heavy atom. The van der Waals surface area contributed by atoms with Crippen molar-refractivity contribution in [2.45, 2.75) is 83.0 Å². The molecule has 0 atom stereocenters. The number of hydrogen-bond acceptors (Lipinski definition) is 1. The van der Waals surface area contributed by atoms with Crippen LogP contribution >= 0.6 is 0 Å². The molecule has 2 saturated carbocycles. The second-order valence-corrected chi connectivity index (χ2v) is 9.23. The van der Waals surface area contributed by atoms with E-state index in [1.807, 2.05) is 30.4 Å². The molecule has 0 heterocycles. The van der Waals surface area contributed by atoms with Crippen LogP contribution in [0.5, 0.6) is 0 Å². The van der Waals surface area contributed by atoms with E-state index in [0.29, 0.717) is 5.92 Å². The Kier molecular flexibility index (Phi) is 9.00. The number of hydrogen-bond donors (Lipinski definition) is 0. The first-order valence-corrected chi connectivity index (χ1v) is 11.7. The highest BCUT2D eigenvalue weighted by atomic mass is 19.1. The topological polar surface area (TPSA) is 23.8 Å². The van der Waals surface area contributed by atoms with Gasteiger partial charge in [0.2, 0.25) is 0 Å². The van der Waals surface area contributed by atoms with Crippen molar-refractivity contribution in [3.63, 3.8) is 0 Å². The Bertz CT molecular complexity index is 680. The van der Waals surface area contributed by atoms with Crippen molar-refractivity contribution < 1.29 is 4.39 Å². The van der Waals surface area contributed by atoms with Crippen LogP contribution < -0.4 is 0 Å². The number of nitrogens with zero attached hydrogens (tertiary/aromatic N) is 1. The second kappa shape index (κ2) is 12.0. The van der Waals surface area contributed by atoms with Gasteiger partial charge < -0.3 is 0 Å². The smallest absolute Gasteiger partial charge is 0.123 e. The number of benzene rings is 1. The molecule has 0 radical (unpaired) electrons. The highest BCUT2D eigenvalue weighted by Crippen LogP contribution is 2.40. The fourth-order valence-corrected chi connectivity index (χ4v) is 5.40. The van der Waals surface area contributed by atoms with Gasteiger partial charge in [-0.3, -0.25) is 0 Å². The Morgan fingerprint density at radius 3 is 1.93 bits per heavy atom. The highest BCUT2D eigenvalue weighted by Gasteiger charge is 2.25. The van der Waals surface area contributed by atoms with Crippen molar-refractivity contribution in [1.29, 1.82) is 5.26 Å². The van der Waals surface area contributed by atoms with Crippen LogP contribution in [0.4, 0.5) is 4.39 Å². The molecule has 0 aromatic heterocycles. The van der Waals surface area contributed by atoms with E-state index in [-0.39, 0.29) is 5.82 Å². The molecule has 2 aliphatic rings. The largest absolute Gasteiger partial charge is 0.207 e. The summed E-state index contributed by atoms with van der Waals surface area (Å²) in [5.41, 5.74) is 1.33. The zero-order chi connectivity index (χ0) is 20.3. The minimum Gasteiger partial charge on any atom is -0.207 e. The molecular weight excluding hydrogens is 357 g/mol. The van der Waals surface area contributed by atoms with E-state index < -0.39 is 0 Å². The molecule has 1 nitrogen and oxygen atoms in total. The standard InChI is InChI=1S/C27H36FN/c28-27-19-17-26(18-20-27)25-15-13-24(14-16-25)12-11-23-9-7-22(8-10-23)6-4-2-1-3-5-21-29/h1-3,5,17-20,22-25H,4,6-16H2.